The largest absolute Gasteiger partial charge is 0.339 e. The number of hydrogen-bond donors (Lipinski definition) is 0. The molecule has 1 saturated heterocycles. The lowest BCUT2D eigenvalue weighted by molar-refractivity contribution is 0.441. The lowest BCUT2D eigenvalue weighted by Crippen LogP contribution is -2.36. The van der Waals surface area contributed by atoms with Gasteiger partial charge in [0.15, 0.2) is 5.82 Å². The third kappa shape index (κ3) is 4.25. The van der Waals surface area contributed by atoms with Gasteiger partial charge in [0.1, 0.15) is 0 Å². The zero-order valence-electron chi connectivity index (χ0n) is 15.7. The van der Waals surface area contributed by atoms with E-state index in [-0.39, 0.29) is 0 Å². The van der Waals surface area contributed by atoms with Crippen LogP contribution in [0, 0.1) is 5.92 Å². The Hall–Kier alpha value is -2.95. The van der Waals surface area contributed by atoms with Crippen molar-refractivity contribution in [3.8, 4) is 0 Å². The van der Waals surface area contributed by atoms with Crippen LogP contribution in [-0.4, -0.2) is 28.3 Å². The first-order valence-electron chi connectivity index (χ1n) is 9.61. The van der Waals surface area contributed by atoms with Crippen LogP contribution < -0.4 is 9.80 Å². The molecule has 5 heteroatoms. The van der Waals surface area contributed by atoms with Crippen LogP contribution in [0.2, 0.25) is 0 Å². The molecule has 0 N–H and O–H groups in total. The van der Waals surface area contributed by atoms with Gasteiger partial charge in [-0.1, -0.05) is 55.5 Å². The Kier molecular flexibility index (Phi) is 5.28. The molecule has 1 aromatic heterocycles. The minimum absolute atomic E-state index is 0.667. The molecule has 0 spiro atoms. The van der Waals surface area contributed by atoms with Gasteiger partial charge in [-0.2, -0.15) is 10.1 Å². The van der Waals surface area contributed by atoms with Gasteiger partial charge in [-0.15, -0.1) is 5.10 Å². The van der Waals surface area contributed by atoms with E-state index < -0.39 is 0 Å². The van der Waals surface area contributed by atoms with E-state index in [1.165, 1.54) is 18.4 Å². The lowest BCUT2D eigenvalue weighted by atomic mass is 10.0. The molecule has 0 radical (unpaired) electrons. The number of aromatic nitrogens is 3. The highest BCUT2D eigenvalue weighted by molar-refractivity contribution is 5.60. The van der Waals surface area contributed by atoms with E-state index in [0.717, 1.165) is 37.1 Å². The summed E-state index contributed by atoms with van der Waals surface area (Å²) in [5.74, 6) is 2.22. The number of rotatable bonds is 5. The van der Waals surface area contributed by atoms with Crippen molar-refractivity contribution in [2.75, 3.05) is 22.9 Å². The predicted molar refractivity (Wildman–Crippen MR) is 109 cm³/mol. The summed E-state index contributed by atoms with van der Waals surface area (Å²) in [4.78, 5) is 9.34. The molecule has 1 unspecified atom stereocenters. The highest BCUT2D eigenvalue weighted by Gasteiger charge is 2.20. The van der Waals surface area contributed by atoms with Crippen molar-refractivity contribution in [3.05, 3.63) is 72.4 Å². The Morgan fingerprint density at radius 2 is 1.78 bits per heavy atom. The van der Waals surface area contributed by atoms with E-state index in [1.807, 2.05) is 12.1 Å². The molecule has 5 nitrogen and oxygen atoms in total. The van der Waals surface area contributed by atoms with Crippen molar-refractivity contribution in [1.82, 2.24) is 15.2 Å². The average molecular weight is 359 g/mol. The number of para-hydroxylation sites is 1. The maximum absolute atomic E-state index is 4.88. The van der Waals surface area contributed by atoms with Gasteiger partial charge < -0.3 is 9.80 Å². The first kappa shape index (κ1) is 17.5. The van der Waals surface area contributed by atoms with E-state index in [0.29, 0.717) is 5.92 Å². The monoisotopic (exact) mass is 359 g/mol. The van der Waals surface area contributed by atoms with Gasteiger partial charge in [-0.05, 0) is 36.5 Å². The standard InChI is InChI=1S/C22H25N5/c1-18-9-8-14-26(16-18)22-24-21(15-23-25-22)27(20-12-6-3-7-13-20)17-19-10-4-2-5-11-19/h2-7,10-13,15,18H,8-9,14,16-17H2,1H3. The summed E-state index contributed by atoms with van der Waals surface area (Å²) in [5, 5.41) is 8.60. The van der Waals surface area contributed by atoms with Crippen LogP contribution in [-0.2, 0) is 6.54 Å². The molecule has 3 aromatic rings. The summed E-state index contributed by atoms with van der Waals surface area (Å²) in [5.41, 5.74) is 2.33. The molecule has 1 aliphatic heterocycles. The molecule has 27 heavy (non-hydrogen) atoms. The zero-order valence-corrected chi connectivity index (χ0v) is 15.7. The van der Waals surface area contributed by atoms with Gasteiger partial charge in [0.05, 0.1) is 6.20 Å². The van der Waals surface area contributed by atoms with Gasteiger partial charge in [-0.3, -0.25) is 0 Å². The summed E-state index contributed by atoms with van der Waals surface area (Å²) in [6.45, 7) is 5.02. The minimum atomic E-state index is 0.667. The quantitative estimate of drug-likeness (QED) is 0.674. The molecule has 2 aromatic carbocycles. The molecule has 4 rings (SSSR count). The average Bonchev–Trinajstić information content (AvgIpc) is 2.73. The number of piperidine rings is 1. The van der Waals surface area contributed by atoms with Gasteiger partial charge in [-0.25, -0.2) is 0 Å². The molecule has 2 heterocycles. The predicted octanol–water partition coefficient (Wildman–Crippen LogP) is 4.45. The van der Waals surface area contributed by atoms with Crippen molar-refractivity contribution in [2.24, 2.45) is 5.92 Å². The summed E-state index contributed by atoms with van der Waals surface area (Å²) in [6, 6.07) is 20.8. The number of hydrogen-bond acceptors (Lipinski definition) is 5. The van der Waals surface area contributed by atoms with E-state index >= 15 is 0 Å². The molecular formula is C22H25N5. The highest BCUT2D eigenvalue weighted by Crippen LogP contribution is 2.27. The molecule has 0 aliphatic carbocycles. The number of nitrogens with zero attached hydrogens (tertiary/aromatic N) is 5. The molecule has 1 aliphatic rings. The zero-order chi connectivity index (χ0) is 18.5. The Morgan fingerprint density at radius 3 is 2.52 bits per heavy atom. The molecule has 1 fully saturated rings. The Labute approximate surface area is 160 Å². The second-order valence-corrected chi connectivity index (χ2v) is 7.22. The summed E-state index contributed by atoms with van der Waals surface area (Å²) >= 11 is 0. The fourth-order valence-corrected chi connectivity index (χ4v) is 3.60. The number of anilines is 3. The van der Waals surface area contributed by atoms with E-state index in [9.17, 15) is 0 Å². The molecule has 0 bridgehead atoms. The van der Waals surface area contributed by atoms with Crippen LogP contribution in [0.4, 0.5) is 17.5 Å². The Balaban J connectivity index is 1.66. The molecule has 1 atom stereocenters. The fraction of sp³-hybridized carbons (Fsp3) is 0.318. The smallest absolute Gasteiger partial charge is 0.247 e. The molecule has 0 amide bonds. The van der Waals surface area contributed by atoms with Crippen LogP contribution in [0.1, 0.15) is 25.3 Å². The van der Waals surface area contributed by atoms with Crippen molar-refractivity contribution in [3.63, 3.8) is 0 Å². The third-order valence-electron chi connectivity index (χ3n) is 5.00. The van der Waals surface area contributed by atoms with E-state index in [2.05, 4.69) is 75.5 Å². The first-order chi connectivity index (χ1) is 13.3. The van der Waals surface area contributed by atoms with Gasteiger partial charge >= 0.3 is 0 Å². The maximum Gasteiger partial charge on any atom is 0.247 e. The fourth-order valence-electron chi connectivity index (χ4n) is 3.60. The summed E-state index contributed by atoms with van der Waals surface area (Å²) in [6.07, 6.45) is 4.21. The van der Waals surface area contributed by atoms with Crippen molar-refractivity contribution >= 4 is 17.5 Å². The lowest BCUT2D eigenvalue weighted by Gasteiger charge is -2.31. The minimum Gasteiger partial charge on any atom is -0.339 e. The maximum atomic E-state index is 4.88. The highest BCUT2D eigenvalue weighted by atomic mass is 15.4. The summed E-state index contributed by atoms with van der Waals surface area (Å²) < 4.78 is 0. The SMILES string of the molecule is CC1CCCN(c2nncc(N(Cc3ccccc3)c3ccccc3)n2)C1. The summed E-state index contributed by atoms with van der Waals surface area (Å²) in [7, 11) is 0. The van der Waals surface area contributed by atoms with E-state index in [4.69, 9.17) is 4.98 Å². The molecular weight excluding hydrogens is 334 g/mol. The van der Waals surface area contributed by atoms with Crippen molar-refractivity contribution in [1.29, 1.82) is 0 Å². The van der Waals surface area contributed by atoms with Crippen LogP contribution >= 0.6 is 0 Å². The normalized spacial score (nSPS) is 16.9. The van der Waals surface area contributed by atoms with Gasteiger partial charge in [0.2, 0.25) is 5.95 Å². The molecule has 0 saturated carbocycles. The number of benzene rings is 2. The first-order valence-corrected chi connectivity index (χ1v) is 9.61. The molecule has 138 valence electrons. The van der Waals surface area contributed by atoms with Gasteiger partial charge in [0, 0.05) is 25.3 Å². The van der Waals surface area contributed by atoms with E-state index in [1.54, 1.807) is 6.20 Å². The van der Waals surface area contributed by atoms with Crippen LogP contribution in [0.25, 0.3) is 0 Å². The van der Waals surface area contributed by atoms with Crippen LogP contribution in [0.5, 0.6) is 0 Å². The Bertz CT molecular complexity index is 853. The second-order valence-electron chi connectivity index (χ2n) is 7.22. The topological polar surface area (TPSA) is 45.2 Å². The van der Waals surface area contributed by atoms with Crippen LogP contribution in [0.3, 0.4) is 0 Å². The second kappa shape index (κ2) is 8.16. The van der Waals surface area contributed by atoms with Crippen LogP contribution in [0.15, 0.2) is 66.9 Å². The van der Waals surface area contributed by atoms with Crippen molar-refractivity contribution in [2.45, 2.75) is 26.3 Å². The Morgan fingerprint density at radius 1 is 1.04 bits per heavy atom. The van der Waals surface area contributed by atoms with Gasteiger partial charge in [0.25, 0.3) is 0 Å². The van der Waals surface area contributed by atoms with Crippen molar-refractivity contribution < 1.29 is 0 Å². The third-order valence-corrected chi connectivity index (χ3v) is 5.00.